The van der Waals surface area contributed by atoms with Gasteiger partial charge in [-0.3, -0.25) is 0 Å². The summed E-state index contributed by atoms with van der Waals surface area (Å²) in [4.78, 5) is 49.4. The zero-order chi connectivity index (χ0) is 32.2. The van der Waals surface area contributed by atoms with Crippen molar-refractivity contribution in [1.29, 1.82) is 0 Å². The molecule has 6 N–H and O–H groups in total. The van der Waals surface area contributed by atoms with Crippen molar-refractivity contribution in [2.24, 2.45) is 0 Å². The minimum Gasteiger partial charge on any atom is -0.396 e. The average Bonchev–Trinajstić information content (AvgIpc) is 2.87. The molecule has 16 nitrogen and oxygen atoms in total. The van der Waals surface area contributed by atoms with Crippen LogP contribution in [0.5, 0.6) is 0 Å². The second kappa shape index (κ2) is 23.9. The maximum absolute atomic E-state index is 10.1. The summed E-state index contributed by atoms with van der Waals surface area (Å²) in [5.41, 5.74) is 0. The Kier molecular flexibility index (Phi) is 25.3. The van der Waals surface area contributed by atoms with Gasteiger partial charge in [0, 0.05) is 13.7 Å². The van der Waals surface area contributed by atoms with Gasteiger partial charge < -0.3 is 74.8 Å². The molecular weight excluding hydrogens is 763 g/mol. The van der Waals surface area contributed by atoms with E-state index in [1.54, 1.807) is 0 Å². The Morgan fingerprint density at radius 1 is 0.381 bits per heavy atom. The van der Waals surface area contributed by atoms with Gasteiger partial charge in [-0.15, -0.1) is 0 Å². The Morgan fingerprint density at radius 3 is 0.762 bits per heavy atom. The van der Waals surface area contributed by atoms with E-state index in [-0.39, 0.29) is 91.8 Å². The summed E-state index contributed by atoms with van der Waals surface area (Å²) in [6, 6.07) is 0. The van der Waals surface area contributed by atoms with Gasteiger partial charge in [0.2, 0.25) is 0 Å². The molecule has 0 amide bonds. The van der Waals surface area contributed by atoms with Crippen LogP contribution in [0.15, 0.2) is 0 Å². The monoisotopic (exact) mass is 802 g/mol. The Morgan fingerprint density at radius 2 is 0.571 bits per heavy atom. The van der Waals surface area contributed by atoms with Crippen LogP contribution in [-0.2, 0) is 104 Å². The summed E-state index contributed by atoms with van der Waals surface area (Å²) in [6.07, 6.45) is 1.28. The highest BCUT2D eigenvalue weighted by atomic mass is 32.5. The van der Waals surface area contributed by atoms with Crippen LogP contribution in [0.3, 0.4) is 0 Å². The van der Waals surface area contributed by atoms with Crippen LogP contribution in [0, 0.1) is 0 Å². The van der Waals surface area contributed by atoms with Gasteiger partial charge in [0.05, 0.1) is 59.5 Å². The largest absolute Gasteiger partial charge is 0.396 e. The summed E-state index contributed by atoms with van der Waals surface area (Å²) in [7, 11) is 1.23. The van der Waals surface area contributed by atoms with Crippen molar-refractivity contribution in [1.82, 2.24) is 0 Å². The number of hydrogen-bond acceptors (Lipinski definition) is 16. The summed E-state index contributed by atoms with van der Waals surface area (Å²) in [5, 5.41) is 8.69. The molecule has 0 radical (unpaired) electrons. The Labute approximate surface area is 271 Å². The van der Waals surface area contributed by atoms with Crippen molar-refractivity contribution in [2.75, 3.05) is 73.2 Å². The van der Waals surface area contributed by atoms with E-state index in [0.29, 0.717) is 6.42 Å². The molecule has 0 aliphatic carbocycles. The van der Waals surface area contributed by atoms with E-state index >= 15 is 0 Å². The molecule has 254 valence electrons. The second-order valence-electron chi connectivity index (χ2n) is 7.52. The molecule has 0 rings (SSSR count). The molecule has 0 aliphatic heterocycles. The van der Waals surface area contributed by atoms with Crippen molar-refractivity contribution in [3.05, 3.63) is 0 Å². The van der Waals surface area contributed by atoms with Gasteiger partial charge in [0.15, 0.2) is 0 Å². The maximum Gasteiger partial charge on any atom is 0.324 e. The molecule has 0 aromatic heterocycles. The molecular formula is C16H39O16P5S5. The fourth-order valence-electron chi connectivity index (χ4n) is 2.12. The van der Waals surface area contributed by atoms with Gasteiger partial charge in [0.25, 0.3) is 0 Å². The molecule has 0 saturated carbocycles. The Hall–Kier alpha value is 2.61. The molecule has 0 bridgehead atoms. The van der Waals surface area contributed by atoms with Crippen LogP contribution in [0.25, 0.3) is 0 Å². The molecule has 5 atom stereocenters. The van der Waals surface area contributed by atoms with E-state index in [1.807, 2.05) is 0 Å². The third-order valence-corrected chi connectivity index (χ3v) is 12.3. The molecule has 5 unspecified atom stereocenters. The highest BCUT2D eigenvalue weighted by molar-refractivity contribution is 8.08. The van der Waals surface area contributed by atoms with Crippen molar-refractivity contribution < 1.29 is 74.8 Å². The van der Waals surface area contributed by atoms with Gasteiger partial charge in [-0.1, -0.05) is 0 Å². The van der Waals surface area contributed by atoms with Gasteiger partial charge in [-0.25, -0.2) is 0 Å². The van der Waals surface area contributed by atoms with Gasteiger partial charge in [-0.05, 0) is 91.1 Å². The van der Waals surface area contributed by atoms with E-state index in [1.165, 1.54) is 7.11 Å². The van der Waals surface area contributed by atoms with E-state index in [9.17, 15) is 24.5 Å². The third kappa shape index (κ3) is 27.7. The van der Waals surface area contributed by atoms with Crippen molar-refractivity contribution in [3.8, 4) is 0 Å². The number of aliphatic hydroxyl groups excluding tert-OH is 1. The molecule has 0 aromatic rings. The minimum absolute atomic E-state index is 0.00195. The fraction of sp³-hybridized carbons (Fsp3) is 1.00. The maximum atomic E-state index is 10.1. The van der Waals surface area contributed by atoms with Crippen molar-refractivity contribution >= 4 is 92.6 Å². The average molecular weight is 803 g/mol. The lowest BCUT2D eigenvalue weighted by Gasteiger charge is -2.19. The van der Waals surface area contributed by atoms with Crippen LogP contribution in [0.1, 0.15) is 32.1 Å². The first kappa shape index (κ1) is 44.6. The zero-order valence-electron chi connectivity index (χ0n) is 22.6. The van der Waals surface area contributed by atoms with Gasteiger partial charge in [0.1, 0.15) is 0 Å². The lowest BCUT2D eigenvalue weighted by Crippen LogP contribution is -2.05. The summed E-state index contributed by atoms with van der Waals surface area (Å²) < 4.78 is 50.5. The molecule has 0 aromatic carbocycles. The van der Waals surface area contributed by atoms with E-state index in [4.69, 9.17) is 93.0 Å². The first-order chi connectivity index (χ1) is 19.4. The van der Waals surface area contributed by atoms with Crippen LogP contribution in [0.4, 0.5) is 0 Å². The predicted octanol–water partition coefficient (Wildman–Crippen LogP) is 2.81. The molecule has 0 fully saturated rings. The van der Waals surface area contributed by atoms with E-state index < -0.39 is 33.6 Å². The number of rotatable bonds is 29. The van der Waals surface area contributed by atoms with Crippen LogP contribution < -0.4 is 0 Å². The first-order valence-electron chi connectivity index (χ1n) is 12.1. The Bertz CT molecular complexity index is 980. The SMILES string of the molecule is COP(O)(=S)OCCCOP(O)(=S)OCCCOP(O)(=S)OCCCOP(O)(=S)OCCCOP(O)(=S)OCCCO. The molecule has 0 saturated heterocycles. The minimum atomic E-state index is -3.56. The highest BCUT2D eigenvalue weighted by Gasteiger charge is 2.20. The van der Waals surface area contributed by atoms with E-state index in [2.05, 4.69) is 16.3 Å². The first-order valence-corrected chi connectivity index (χ1v) is 25.0. The fourth-order valence-corrected chi connectivity index (χ4v) is 7.78. The summed E-state index contributed by atoms with van der Waals surface area (Å²) in [5.74, 6) is 0. The van der Waals surface area contributed by atoms with E-state index in [0.717, 1.165) is 0 Å². The smallest absolute Gasteiger partial charge is 0.324 e. The highest BCUT2D eigenvalue weighted by Crippen LogP contribution is 2.47. The Balaban J connectivity index is 3.93. The lowest BCUT2D eigenvalue weighted by molar-refractivity contribution is 0.148. The summed E-state index contributed by atoms with van der Waals surface area (Å²) in [6.45, 7) is -17.4. The van der Waals surface area contributed by atoms with Crippen LogP contribution in [-0.4, -0.2) is 103 Å². The zero-order valence-corrected chi connectivity index (χ0v) is 31.2. The normalized spacial score (nSPS) is 19.3. The van der Waals surface area contributed by atoms with Gasteiger partial charge >= 0.3 is 33.6 Å². The topological polar surface area (TPSA) is 214 Å². The molecule has 26 heteroatoms. The molecule has 0 spiro atoms. The van der Waals surface area contributed by atoms with Gasteiger partial charge in [-0.2, -0.15) is 0 Å². The molecule has 0 heterocycles. The predicted molar refractivity (Wildman–Crippen MR) is 173 cm³/mol. The quantitative estimate of drug-likeness (QED) is 0.0474. The standard InChI is InChI=1S/C16H39O16P5S5/c1-23-33(18,38)24-9-3-10-27-35(20,40)28-13-5-14-31-37(22,42)32-16-6-15-30-36(21,41)29-12-4-11-26-34(19,39)25-8-2-7-17/h17H,2-16H2,1H3,(H,18,38)(H,19,39)(H,20,40)(H,21,41)(H,22,42). The third-order valence-electron chi connectivity index (χ3n) is 3.98. The van der Waals surface area contributed by atoms with Crippen LogP contribution >= 0.6 is 33.6 Å². The second-order valence-corrected chi connectivity index (χ2v) is 21.8. The lowest BCUT2D eigenvalue weighted by atomic mass is 10.5. The molecule has 0 aliphatic rings. The molecule has 42 heavy (non-hydrogen) atoms. The van der Waals surface area contributed by atoms with Crippen molar-refractivity contribution in [3.63, 3.8) is 0 Å². The van der Waals surface area contributed by atoms with Crippen molar-refractivity contribution in [2.45, 2.75) is 32.1 Å². The number of hydrogen-bond donors (Lipinski definition) is 6. The summed E-state index contributed by atoms with van der Waals surface area (Å²) >= 11 is 24.2. The van der Waals surface area contributed by atoms with Crippen LogP contribution in [0.2, 0.25) is 0 Å². The number of aliphatic hydroxyl groups is 1.